The van der Waals surface area contributed by atoms with Crippen molar-refractivity contribution in [2.45, 2.75) is 184 Å². The van der Waals surface area contributed by atoms with Gasteiger partial charge in [-0.25, -0.2) is 0 Å². The van der Waals surface area contributed by atoms with Crippen LogP contribution in [0.25, 0.3) is 17.2 Å². The predicted octanol–water partition coefficient (Wildman–Crippen LogP) is 11.5. The molecule has 4 fully saturated rings. The molecule has 1 saturated heterocycles. The van der Waals surface area contributed by atoms with Crippen LogP contribution in [-0.2, 0) is 27.8 Å². The fraction of sp³-hybridized carbons (Fsp3) is 0.595. The smallest absolute Gasteiger partial charge is 0.258 e. The molecular weight excluding hydrogens is 1130 g/mol. The number of nitrogens with zero attached hydrogens (tertiary/aromatic N) is 1. The summed E-state index contributed by atoms with van der Waals surface area (Å²) in [6.07, 6.45) is 20.4. The van der Waals surface area contributed by atoms with Gasteiger partial charge in [0.05, 0.1) is 44.1 Å². The number of amides is 2. The molecule has 11 atom stereocenters. The quantitative estimate of drug-likeness (QED) is 0.0288. The van der Waals surface area contributed by atoms with Crippen LogP contribution in [0.15, 0.2) is 66.3 Å². The van der Waals surface area contributed by atoms with Crippen LogP contribution < -0.4 is 45.0 Å². The molecule has 4 aromatic rings. The SMILES string of the molecule is CCC(C)(C)CC[C@@H]1CCC[C@]2(Oc3cc(OCCNC)c4c5c3[C@@H](O)Nc3cc6c(c(c3-5)CC4)[C@@H](O)[C@H](c3cc(OC)c(O)c(OC[C@H](CO)[C@]45CCC[C@H](C7(N8C(=O)C=C(CNC)C8=O)CCCCC7)[C@H]4C=Cc4ccccc45)c3)CO6)N[C@@H](C)CC[C@H]12. The summed E-state index contributed by atoms with van der Waals surface area (Å²) in [5.41, 5.74) is 7.34. The summed E-state index contributed by atoms with van der Waals surface area (Å²) in [5.74, 6) is 0.984. The summed E-state index contributed by atoms with van der Waals surface area (Å²) in [7, 11) is 5.21. The van der Waals surface area contributed by atoms with Crippen LogP contribution >= 0.6 is 0 Å². The Morgan fingerprint density at radius 2 is 1.64 bits per heavy atom. The maximum atomic E-state index is 14.4. The summed E-state index contributed by atoms with van der Waals surface area (Å²) < 4.78 is 33.9. The lowest BCUT2D eigenvalue weighted by atomic mass is 9.47. The fourth-order valence-corrected chi connectivity index (χ4v) is 18.8. The highest BCUT2D eigenvalue weighted by Crippen LogP contribution is 2.62. The van der Waals surface area contributed by atoms with Gasteiger partial charge in [-0.2, -0.15) is 0 Å². The predicted molar refractivity (Wildman–Crippen MR) is 348 cm³/mol. The van der Waals surface area contributed by atoms with Crippen molar-refractivity contribution in [2.75, 3.05) is 66.0 Å². The number of phenolic OH excluding ortho intramolecular Hbond substituents is 1. The molecule has 0 radical (unpaired) electrons. The van der Waals surface area contributed by atoms with Crippen molar-refractivity contribution in [1.29, 1.82) is 0 Å². The third-order valence-electron chi connectivity index (χ3n) is 23.5. The van der Waals surface area contributed by atoms with Crippen molar-refractivity contribution in [3.8, 4) is 45.6 Å². The molecule has 8 N–H and O–H groups in total. The first-order valence-corrected chi connectivity index (χ1v) is 34.1. The van der Waals surface area contributed by atoms with Gasteiger partial charge >= 0.3 is 0 Å². The second-order valence-corrected chi connectivity index (χ2v) is 28.7. The number of methoxy groups -OCH3 is 1. The minimum absolute atomic E-state index is 0.0229. The molecule has 0 unspecified atom stereocenters. The number of ether oxygens (including phenoxy) is 5. The number of hydrogen-bond donors (Lipinski definition) is 8. The van der Waals surface area contributed by atoms with Gasteiger partial charge in [-0.05, 0) is 156 Å². The van der Waals surface area contributed by atoms with Crippen LogP contribution in [0.5, 0.6) is 34.5 Å². The lowest BCUT2D eigenvalue weighted by Gasteiger charge is -2.60. The molecule has 0 aromatic heterocycles. The largest absolute Gasteiger partial charge is 0.502 e. The number of likely N-dealkylation sites (N-methyl/N-ethyl adjacent to an activating group) is 2. The number of allylic oxidation sites excluding steroid dienone is 1. The zero-order valence-electron chi connectivity index (χ0n) is 54.1. The number of imide groups is 1. The highest BCUT2D eigenvalue weighted by atomic mass is 16.5. The van der Waals surface area contributed by atoms with Crippen LogP contribution in [0.4, 0.5) is 5.69 Å². The number of rotatable bonds is 21. The molecule has 4 aliphatic heterocycles. The number of carbonyl (C=O) groups excluding carboxylic acids is 2. The van der Waals surface area contributed by atoms with Crippen molar-refractivity contribution < 1.29 is 53.7 Å². The average molecular weight is 1230 g/mol. The maximum Gasteiger partial charge on any atom is 0.258 e. The Balaban J connectivity index is 0.835. The molecule has 2 amide bonds. The van der Waals surface area contributed by atoms with E-state index in [2.05, 4.69) is 79.3 Å². The van der Waals surface area contributed by atoms with Crippen molar-refractivity contribution in [3.63, 3.8) is 0 Å². The van der Waals surface area contributed by atoms with Crippen LogP contribution in [0, 0.1) is 35.0 Å². The molecule has 9 aliphatic rings. The molecule has 0 spiro atoms. The first kappa shape index (κ1) is 62.7. The Morgan fingerprint density at radius 1 is 0.856 bits per heavy atom. The molecule has 0 bridgehead atoms. The molecule has 4 aromatic carbocycles. The zero-order valence-corrected chi connectivity index (χ0v) is 54.1. The number of carbonyl (C=O) groups is 2. The number of aromatic hydroxyl groups is 1. The Morgan fingerprint density at radius 3 is 2.42 bits per heavy atom. The summed E-state index contributed by atoms with van der Waals surface area (Å²) in [6.45, 7) is 10.6. The number of fused-ring (bicyclic) bond motifs is 6. The standard InChI is InChI=1S/C74H97N5O11/c1-8-71(3,4)31-26-45-17-14-30-74(53(45)24-20-43(2)78-74)90-59-38-57(87-33-32-75-5)49-22-23-50-63-56(77-69(84)66(59)65(49)63)37-58-64(50)67(82)51(42-89-58)46-34-60(86-7)68(83)61(35-46)88-41-48(40-80)73-29-15-19-54(55(73)25-21-44-16-10-11-18-52(44)73)72(27-12-9-13-28-72)79-62(81)36-47(39-76-6)70(79)85/h10-11,16,18,21,25,34-38,43,45,48,51,53-55,67,69,75-78,80,82-84H,8-9,12-15,17,19-20,22-24,26-33,39-42H2,1-7H3/t43-,45-,48-,51-,53+,54-,55+,67-,69+,73-,74+/m0/s1. The van der Waals surface area contributed by atoms with Crippen molar-refractivity contribution in [3.05, 3.63) is 105 Å². The number of anilines is 1. The van der Waals surface area contributed by atoms with E-state index in [9.17, 15) is 30.0 Å². The van der Waals surface area contributed by atoms with Gasteiger partial charge in [0.25, 0.3) is 11.8 Å². The van der Waals surface area contributed by atoms with Crippen LogP contribution in [0.2, 0.25) is 0 Å². The molecule has 4 heterocycles. The van der Waals surface area contributed by atoms with E-state index in [1.165, 1.54) is 19.6 Å². The Hall–Kier alpha value is -6.14. The number of nitrogens with one attached hydrogen (secondary N) is 4. The van der Waals surface area contributed by atoms with Gasteiger partial charge in [0, 0.05) is 100 Å². The number of phenols is 1. The number of aliphatic hydroxyl groups is 3. The minimum Gasteiger partial charge on any atom is -0.502 e. The zero-order chi connectivity index (χ0) is 62.9. The van der Waals surface area contributed by atoms with Crippen molar-refractivity contribution in [1.82, 2.24) is 20.9 Å². The molecule has 3 saturated carbocycles. The molecule has 16 heteroatoms. The van der Waals surface area contributed by atoms with Gasteiger partial charge in [-0.3, -0.25) is 19.8 Å². The van der Waals surface area contributed by atoms with Crippen LogP contribution in [-0.4, -0.2) is 115 Å². The summed E-state index contributed by atoms with van der Waals surface area (Å²) in [6, 6.07) is 16.1. The molecular formula is C74H97N5O11. The number of benzene rings is 4. The van der Waals surface area contributed by atoms with E-state index in [0.29, 0.717) is 78.1 Å². The lowest BCUT2D eigenvalue weighted by molar-refractivity contribution is -0.153. The van der Waals surface area contributed by atoms with Gasteiger partial charge in [0.15, 0.2) is 23.5 Å². The molecule has 5 aliphatic carbocycles. The van der Waals surface area contributed by atoms with Gasteiger partial charge < -0.3 is 60.1 Å². The summed E-state index contributed by atoms with van der Waals surface area (Å²) in [5, 5.41) is 63.4. The number of hydrogen-bond acceptors (Lipinski definition) is 15. The normalized spacial score (nSPS) is 29.1. The monoisotopic (exact) mass is 1230 g/mol. The highest BCUT2D eigenvalue weighted by Gasteiger charge is 2.61. The van der Waals surface area contributed by atoms with E-state index < -0.39 is 40.8 Å². The first-order chi connectivity index (χ1) is 43.5. The van der Waals surface area contributed by atoms with Crippen LogP contribution in [0.1, 0.15) is 188 Å². The summed E-state index contributed by atoms with van der Waals surface area (Å²) >= 11 is 0. The van der Waals surface area contributed by atoms with Gasteiger partial charge in [-0.15, -0.1) is 0 Å². The minimum atomic E-state index is -1.10. The number of aliphatic hydroxyl groups excluding tert-OH is 3. The number of piperidine rings is 1. The average Bonchev–Trinajstić information content (AvgIpc) is 0.835. The second-order valence-electron chi connectivity index (χ2n) is 28.7. The van der Waals surface area contributed by atoms with E-state index in [1.807, 2.05) is 25.2 Å². The Kier molecular flexibility index (Phi) is 17.4. The van der Waals surface area contributed by atoms with Gasteiger partial charge in [-0.1, -0.05) is 89.3 Å². The van der Waals surface area contributed by atoms with Crippen molar-refractivity contribution >= 4 is 23.6 Å². The molecule has 16 nitrogen and oxygen atoms in total. The van der Waals surface area contributed by atoms with E-state index in [-0.39, 0.29) is 72.2 Å². The Labute approximate surface area is 531 Å². The summed E-state index contributed by atoms with van der Waals surface area (Å²) in [4.78, 5) is 30.3. The van der Waals surface area contributed by atoms with Gasteiger partial charge in [0.2, 0.25) is 5.75 Å². The fourth-order valence-electron chi connectivity index (χ4n) is 18.8. The van der Waals surface area contributed by atoms with E-state index in [1.54, 1.807) is 24.1 Å². The lowest BCUT2D eigenvalue weighted by Crippen LogP contribution is -2.65. The van der Waals surface area contributed by atoms with Crippen LogP contribution in [0.3, 0.4) is 0 Å². The van der Waals surface area contributed by atoms with E-state index in [4.69, 9.17) is 23.7 Å². The Bertz CT molecular complexity index is 3450. The first-order valence-electron chi connectivity index (χ1n) is 34.1. The molecule has 13 rings (SSSR count). The van der Waals surface area contributed by atoms with E-state index >= 15 is 0 Å². The highest BCUT2D eigenvalue weighted by molar-refractivity contribution is 6.17. The topological polar surface area (TPSA) is 213 Å². The van der Waals surface area contributed by atoms with Crippen molar-refractivity contribution in [2.24, 2.45) is 35.0 Å². The molecule has 484 valence electrons. The van der Waals surface area contributed by atoms with Gasteiger partial charge in [0.1, 0.15) is 23.9 Å². The third kappa shape index (κ3) is 10.6. The molecule has 90 heavy (non-hydrogen) atoms. The maximum absolute atomic E-state index is 14.4. The second kappa shape index (κ2) is 25.1. The van der Waals surface area contributed by atoms with E-state index in [0.717, 1.165) is 141 Å². The third-order valence-corrected chi connectivity index (χ3v) is 23.5.